The van der Waals surface area contributed by atoms with E-state index in [-0.39, 0.29) is 0 Å². The molecule has 2 atom stereocenters. The zero-order chi connectivity index (χ0) is 13.5. The van der Waals surface area contributed by atoms with Gasteiger partial charge in [-0.1, -0.05) is 31.2 Å². The summed E-state index contributed by atoms with van der Waals surface area (Å²) in [7, 11) is 1.76. The van der Waals surface area contributed by atoms with Crippen molar-refractivity contribution in [1.29, 1.82) is 0 Å². The van der Waals surface area contributed by atoms with Crippen LogP contribution in [0.2, 0.25) is 0 Å². The molecule has 0 aliphatic heterocycles. The van der Waals surface area contributed by atoms with Crippen molar-refractivity contribution in [3.8, 4) is 0 Å². The molecule has 1 aliphatic carbocycles. The van der Waals surface area contributed by atoms with E-state index in [1.54, 1.807) is 7.11 Å². The number of nitrogens with one attached hydrogen (secondary N) is 1. The fourth-order valence-corrected chi connectivity index (χ4v) is 3.94. The van der Waals surface area contributed by atoms with Crippen molar-refractivity contribution in [1.82, 2.24) is 5.32 Å². The third-order valence-electron chi connectivity index (χ3n) is 3.79. The highest BCUT2D eigenvalue weighted by atomic mass is 32.2. The summed E-state index contributed by atoms with van der Waals surface area (Å²) in [5.74, 6) is 1.24. The van der Waals surface area contributed by atoms with Crippen LogP contribution in [-0.4, -0.2) is 24.2 Å². The fourth-order valence-electron chi connectivity index (χ4n) is 2.79. The van der Waals surface area contributed by atoms with Crippen LogP contribution in [-0.2, 0) is 17.9 Å². The second-order valence-corrected chi connectivity index (χ2v) is 6.75. The summed E-state index contributed by atoms with van der Waals surface area (Å²) >= 11 is 2.12. The van der Waals surface area contributed by atoms with Crippen molar-refractivity contribution in [3.63, 3.8) is 0 Å². The molecule has 1 N–H and O–H groups in total. The van der Waals surface area contributed by atoms with E-state index in [9.17, 15) is 0 Å². The third-order valence-corrected chi connectivity index (χ3v) is 5.02. The maximum atomic E-state index is 5.26. The molecule has 0 amide bonds. The SMILES string of the molecule is CCSC1CCC(NCc2ccccc2COC)C1. The van der Waals surface area contributed by atoms with Gasteiger partial charge in [-0.05, 0) is 36.1 Å². The predicted octanol–water partition coefficient (Wildman–Crippen LogP) is 3.60. The number of ether oxygens (including phenoxy) is 1. The topological polar surface area (TPSA) is 21.3 Å². The highest BCUT2D eigenvalue weighted by Gasteiger charge is 2.23. The molecule has 0 spiro atoms. The van der Waals surface area contributed by atoms with Gasteiger partial charge in [-0.15, -0.1) is 0 Å². The molecule has 1 aliphatic rings. The normalized spacial score (nSPS) is 22.8. The smallest absolute Gasteiger partial charge is 0.0716 e. The maximum absolute atomic E-state index is 5.26. The molecule has 0 heterocycles. The van der Waals surface area contributed by atoms with Crippen LogP contribution in [0.25, 0.3) is 0 Å². The van der Waals surface area contributed by atoms with E-state index < -0.39 is 0 Å². The van der Waals surface area contributed by atoms with Crippen molar-refractivity contribution in [2.45, 2.75) is 50.6 Å². The van der Waals surface area contributed by atoms with Gasteiger partial charge in [-0.2, -0.15) is 11.8 Å². The molecule has 0 radical (unpaired) electrons. The summed E-state index contributed by atoms with van der Waals surface area (Å²) in [4.78, 5) is 0. The van der Waals surface area contributed by atoms with Gasteiger partial charge in [0.25, 0.3) is 0 Å². The molecule has 3 heteroatoms. The first-order chi connectivity index (χ1) is 9.33. The largest absolute Gasteiger partial charge is 0.380 e. The summed E-state index contributed by atoms with van der Waals surface area (Å²) in [5, 5.41) is 4.59. The Hall–Kier alpha value is -0.510. The zero-order valence-corrected chi connectivity index (χ0v) is 12.8. The molecule has 0 aromatic heterocycles. The van der Waals surface area contributed by atoms with Gasteiger partial charge in [0.2, 0.25) is 0 Å². The van der Waals surface area contributed by atoms with Crippen LogP contribution in [0.15, 0.2) is 24.3 Å². The van der Waals surface area contributed by atoms with Crippen LogP contribution in [0.4, 0.5) is 0 Å². The molecule has 19 heavy (non-hydrogen) atoms. The van der Waals surface area contributed by atoms with Crippen molar-refractivity contribution >= 4 is 11.8 Å². The van der Waals surface area contributed by atoms with E-state index in [0.717, 1.165) is 11.8 Å². The first-order valence-corrected chi connectivity index (χ1v) is 8.29. The van der Waals surface area contributed by atoms with Crippen LogP contribution in [0, 0.1) is 0 Å². The minimum atomic E-state index is 0.694. The summed E-state index contributed by atoms with van der Waals surface area (Å²) in [5.41, 5.74) is 2.67. The lowest BCUT2D eigenvalue weighted by Crippen LogP contribution is -2.26. The van der Waals surface area contributed by atoms with Gasteiger partial charge >= 0.3 is 0 Å². The molecule has 1 saturated carbocycles. The van der Waals surface area contributed by atoms with E-state index in [0.29, 0.717) is 12.6 Å². The molecule has 106 valence electrons. The lowest BCUT2D eigenvalue weighted by molar-refractivity contribution is 0.184. The third kappa shape index (κ3) is 4.51. The number of methoxy groups -OCH3 is 1. The van der Waals surface area contributed by atoms with Gasteiger partial charge in [0.15, 0.2) is 0 Å². The van der Waals surface area contributed by atoms with E-state index in [2.05, 4.69) is 48.3 Å². The van der Waals surface area contributed by atoms with Gasteiger partial charge in [0.05, 0.1) is 6.61 Å². The average molecular weight is 279 g/mol. The van der Waals surface area contributed by atoms with Crippen molar-refractivity contribution < 1.29 is 4.74 Å². The average Bonchev–Trinajstić information content (AvgIpc) is 2.86. The van der Waals surface area contributed by atoms with Gasteiger partial charge in [-0.25, -0.2) is 0 Å². The van der Waals surface area contributed by atoms with Crippen LogP contribution in [0.5, 0.6) is 0 Å². The number of thioether (sulfide) groups is 1. The molecular weight excluding hydrogens is 254 g/mol. The summed E-state index contributed by atoms with van der Waals surface area (Å²) in [6, 6.07) is 9.25. The predicted molar refractivity (Wildman–Crippen MR) is 83.6 cm³/mol. The van der Waals surface area contributed by atoms with Crippen LogP contribution in [0.1, 0.15) is 37.3 Å². The standard InChI is InChI=1S/C16H25NOS/c1-3-19-16-9-8-15(10-16)17-11-13-6-4-5-7-14(13)12-18-2/h4-7,15-17H,3,8-12H2,1-2H3. The van der Waals surface area contributed by atoms with Gasteiger partial charge in [-0.3, -0.25) is 0 Å². The zero-order valence-electron chi connectivity index (χ0n) is 12.0. The van der Waals surface area contributed by atoms with Gasteiger partial charge < -0.3 is 10.1 Å². The lowest BCUT2D eigenvalue weighted by Gasteiger charge is -2.15. The Labute approximate surface area is 121 Å². The van der Waals surface area contributed by atoms with E-state index in [1.165, 1.54) is 36.1 Å². The Balaban J connectivity index is 1.82. The number of hydrogen-bond donors (Lipinski definition) is 1. The molecule has 1 aromatic rings. The van der Waals surface area contributed by atoms with Crippen LogP contribution < -0.4 is 5.32 Å². The Kier molecular flexibility index (Phi) is 6.21. The summed E-state index contributed by atoms with van der Waals surface area (Å²) in [6.07, 6.45) is 4.02. The van der Waals surface area contributed by atoms with Crippen molar-refractivity contribution in [3.05, 3.63) is 35.4 Å². The Bertz CT molecular complexity index is 383. The number of hydrogen-bond acceptors (Lipinski definition) is 3. The Morgan fingerprint density at radius 2 is 2.05 bits per heavy atom. The van der Waals surface area contributed by atoms with Gasteiger partial charge in [0, 0.05) is 24.9 Å². The summed E-state index contributed by atoms with van der Waals surface area (Å²) in [6.45, 7) is 3.93. The highest BCUT2D eigenvalue weighted by Crippen LogP contribution is 2.29. The minimum Gasteiger partial charge on any atom is -0.380 e. The first-order valence-electron chi connectivity index (χ1n) is 7.24. The second-order valence-electron chi connectivity index (χ2n) is 5.17. The first kappa shape index (κ1) is 14.9. The fraction of sp³-hybridized carbons (Fsp3) is 0.625. The molecule has 2 rings (SSSR count). The maximum Gasteiger partial charge on any atom is 0.0716 e. The monoisotopic (exact) mass is 279 g/mol. The van der Waals surface area contributed by atoms with Gasteiger partial charge in [0.1, 0.15) is 0 Å². The second kappa shape index (κ2) is 7.93. The molecule has 1 fully saturated rings. The molecule has 0 bridgehead atoms. The molecule has 2 unspecified atom stereocenters. The van der Waals surface area contributed by atoms with E-state index >= 15 is 0 Å². The van der Waals surface area contributed by atoms with Crippen molar-refractivity contribution in [2.24, 2.45) is 0 Å². The van der Waals surface area contributed by atoms with Crippen LogP contribution in [0.3, 0.4) is 0 Å². The Morgan fingerprint density at radius 3 is 2.79 bits per heavy atom. The highest BCUT2D eigenvalue weighted by molar-refractivity contribution is 7.99. The van der Waals surface area contributed by atoms with Crippen molar-refractivity contribution in [2.75, 3.05) is 12.9 Å². The molecule has 0 saturated heterocycles. The number of rotatable bonds is 7. The van der Waals surface area contributed by atoms with E-state index in [4.69, 9.17) is 4.74 Å². The molecule has 1 aromatic carbocycles. The van der Waals surface area contributed by atoms with E-state index in [1.807, 2.05) is 0 Å². The summed E-state index contributed by atoms with van der Waals surface area (Å²) < 4.78 is 5.26. The lowest BCUT2D eigenvalue weighted by atomic mass is 10.1. The van der Waals surface area contributed by atoms with Crippen LogP contribution >= 0.6 is 11.8 Å². The molecule has 2 nitrogen and oxygen atoms in total. The minimum absolute atomic E-state index is 0.694. The quantitative estimate of drug-likeness (QED) is 0.824. The molecular formula is C16H25NOS. The number of benzene rings is 1. The Morgan fingerprint density at radius 1 is 1.26 bits per heavy atom.